The van der Waals surface area contributed by atoms with E-state index >= 15 is 0 Å². The molecule has 4 heteroatoms. The van der Waals surface area contributed by atoms with Gasteiger partial charge in [0.25, 0.3) is 0 Å². The molecule has 0 aliphatic rings. The van der Waals surface area contributed by atoms with Crippen LogP contribution in [0.25, 0.3) is 0 Å². The predicted octanol–water partition coefficient (Wildman–Crippen LogP) is 2.37. The van der Waals surface area contributed by atoms with Gasteiger partial charge in [0.05, 0.1) is 0 Å². The predicted molar refractivity (Wildman–Crippen MR) is 85.2 cm³/mol. The molecule has 0 aromatic heterocycles. The third kappa shape index (κ3) is 6.51. The van der Waals surface area contributed by atoms with Crippen molar-refractivity contribution in [2.24, 2.45) is 4.99 Å². The van der Waals surface area contributed by atoms with Crippen LogP contribution in [0.5, 0.6) is 0 Å². The fourth-order valence-electron chi connectivity index (χ4n) is 1.45. The lowest BCUT2D eigenvalue weighted by atomic mass is 10.2. The van der Waals surface area contributed by atoms with Crippen molar-refractivity contribution in [1.29, 1.82) is 0 Å². The first-order valence-corrected chi connectivity index (χ1v) is 5.73. The Morgan fingerprint density at radius 1 is 1.24 bits per heavy atom. The maximum absolute atomic E-state index is 4.54. The fraction of sp³-hybridized carbons (Fsp3) is 0.462. The molecule has 0 unspecified atom stereocenters. The fourth-order valence-corrected chi connectivity index (χ4v) is 1.45. The summed E-state index contributed by atoms with van der Waals surface area (Å²) in [6.07, 6.45) is 0.990. The van der Waals surface area contributed by atoms with Crippen molar-refractivity contribution in [2.45, 2.75) is 13.3 Å². The first-order chi connectivity index (χ1) is 7.74. The Hall–Kier alpha value is -0.780. The van der Waals surface area contributed by atoms with Crippen molar-refractivity contribution >= 4 is 29.9 Å². The Labute approximate surface area is 121 Å². The van der Waals surface area contributed by atoms with Crippen molar-refractivity contribution in [3.8, 4) is 0 Å². The molecule has 0 radical (unpaired) electrons. The molecule has 0 bridgehead atoms. The molecule has 3 nitrogen and oxygen atoms in total. The smallest absolute Gasteiger partial charge is 0.193 e. The van der Waals surface area contributed by atoms with Crippen molar-refractivity contribution < 1.29 is 0 Å². The first kappa shape index (κ1) is 16.2. The van der Waals surface area contributed by atoms with Gasteiger partial charge in [0.2, 0.25) is 0 Å². The molecule has 1 rings (SSSR count). The molecule has 17 heavy (non-hydrogen) atoms. The number of hydrogen-bond acceptors (Lipinski definition) is 1. The van der Waals surface area contributed by atoms with Crippen LogP contribution in [0, 0.1) is 0 Å². The van der Waals surface area contributed by atoms with Crippen LogP contribution in [0.4, 0.5) is 0 Å². The highest BCUT2D eigenvalue weighted by molar-refractivity contribution is 14.0. The molecule has 0 atom stereocenters. The molecule has 1 aromatic carbocycles. The summed E-state index contributed by atoms with van der Waals surface area (Å²) in [5.74, 6) is 0.957. The molecule has 0 aliphatic carbocycles. The van der Waals surface area contributed by atoms with Crippen molar-refractivity contribution in [3.05, 3.63) is 35.9 Å². The number of halogens is 1. The van der Waals surface area contributed by atoms with Gasteiger partial charge in [-0.3, -0.25) is 4.99 Å². The quantitative estimate of drug-likeness (QED) is 0.515. The minimum Gasteiger partial charge on any atom is -0.357 e. The van der Waals surface area contributed by atoms with Gasteiger partial charge in [-0.25, -0.2) is 0 Å². The Morgan fingerprint density at radius 2 is 1.88 bits per heavy atom. The van der Waals surface area contributed by atoms with E-state index in [1.54, 1.807) is 0 Å². The second-order valence-corrected chi connectivity index (χ2v) is 3.87. The van der Waals surface area contributed by atoms with Gasteiger partial charge < -0.3 is 10.2 Å². The third-order valence-electron chi connectivity index (χ3n) is 2.26. The minimum atomic E-state index is 0. The van der Waals surface area contributed by atoms with Crippen molar-refractivity contribution in [1.82, 2.24) is 10.2 Å². The zero-order valence-electron chi connectivity index (χ0n) is 10.8. The number of guanidine groups is 1. The third-order valence-corrected chi connectivity index (χ3v) is 2.26. The number of nitrogens with zero attached hydrogens (tertiary/aromatic N) is 2. The summed E-state index contributed by atoms with van der Waals surface area (Å²) >= 11 is 0. The highest BCUT2D eigenvalue weighted by Crippen LogP contribution is 1.99. The summed E-state index contributed by atoms with van der Waals surface area (Å²) in [6.45, 7) is 3.81. The normalized spacial score (nSPS) is 10.6. The van der Waals surface area contributed by atoms with Crippen LogP contribution in [-0.2, 0) is 6.42 Å². The van der Waals surface area contributed by atoms with E-state index in [0.717, 1.165) is 25.5 Å². The largest absolute Gasteiger partial charge is 0.357 e. The molecule has 0 aliphatic heterocycles. The monoisotopic (exact) mass is 347 g/mol. The van der Waals surface area contributed by atoms with E-state index in [-0.39, 0.29) is 24.0 Å². The Balaban J connectivity index is 0.00000256. The van der Waals surface area contributed by atoms with Gasteiger partial charge in [-0.1, -0.05) is 30.3 Å². The molecule has 0 spiro atoms. The molecule has 0 heterocycles. The standard InChI is InChI=1S/C13H21N3.HI/c1-4-14-13(16(2)3)15-11-10-12-8-6-5-7-9-12;/h5-9H,4,10-11H2,1-3H3,(H,14,15);1H. The highest BCUT2D eigenvalue weighted by Gasteiger charge is 1.98. The van der Waals surface area contributed by atoms with Crippen LogP contribution in [0.1, 0.15) is 12.5 Å². The van der Waals surface area contributed by atoms with Crippen LogP contribution >= 0.6 is 24.0 Å². The van der Waals surface area contributed by atoms with E-state index in [0.29, 0.717) is 0 Å². The maximum atomic E-state index is 4.54. The van der Waals surface area contributed by atoms with Gasteiger partial charge >= 0.3 is 0 Å². The van der Waals surface area contributed by atoms with Crippen molar-refractivity contribution in [2.75, 3.05) is 27.2 Å². The van der Waals surface area contributed by atoms with Gasteiger partial charge in [0.15, 0.2) is 5.96 Å². The van der Waals surface area contributed by atoms with Gasteiger partial charge in [0, 0.05) is 27.2 Å². The van der Waals surface area contributed by atoms with Crippen LogP contribution < -0.4 is 5.32 Å². The number of rotatable bonds is 4. The number of nitrogens with one attached hydrogen (secondary N) is 1. The summed E-state index contributed by atoms with van der Waals surface area (Å²) in [4.78, 5) is 6.55. The molecular weight excluding hydrogens is 325 g/mol. The average Bonchev–Trinajstić information content (AvgIpc) is 2.29. The number of benzene rings is 1. The molecular formula is C13H22IN3. The Morgan fingerprint density at radius 3 is 2.41 bits per heavy atom. The molecule has 0 saturated heterocycles. The second kappa shape index (κ2) is 9.27. The van der Waals surface area contributed by atoms with E-state index in [1.807, 2.05) is 25.1 Å². The number of hydrogen-bond donors (Lipinski definition) is 1. The maximum Gasteiger partial charge on any atom is 0.193 e. The van der Waals surface area contributed by atoms with Crippen LogP contribution in [-0.4, -0.2) is 38.0 Å². The van der Waals surface area contributed by atoms with Crippen LogP contribution in [0.3, 0.4) is 0 Å². The van der Waals surface area contributed by atoms with Gasteiger partial charge in [-0.05, 0) is 18.9 Å². The van der Waals surface area contributed by atoms with E-state index in [2.05, 4.69) is 41.5 Å². The lowest BCUT2D eigenvalue weighted by Crippen LogP contribution is -2.36. The lowest BCUT2D eigenvalue weighted by molar-refractivity contribution is 0.583. The topological polar surface area (TPSA) is 27.6 Å². The number of aliphatic imine (C=N–C) groups is 1. The Kier molecular flexibility index (Phi) is 8.85. The first-order valence-electron chi connectivity index (χ1n) is 5.73. The van der Waals surface area contributed by atoms with Gasteiger partial charge in [0.1, 0.15) is 0 Å². The van der Waals surface area contributed by atoms with Crippen molar-refractivity contribution in [3.63, 3.8) is 0 Å². The molecule has 0 amide bonds. The van der Waals surface area contributed by atoms with Crippen LogP contribution in [0.15, 0.2) is 35.3 Å². The summed E-state index contributed by atoms with van der Waals surface area (Å²) in [5, 5.41) is 3.24. The average molecular weight is 347 g/mol. The molecule has 0 fully saturated rings. The zero-order chi connectivity index (χ0) is 11.8. The summed E-state index contributed by atoms with van der Waals surface area (Å²) in [7, 11) is 4.01. The van der Waals surface area contributed by atoms with E-state index in [1.165, 1.54) is 5.56 Å². The summed E-state index contributed by atoms with van der Waals surface area (Å²) in [6, 6.07) is 10.4. The molecule has 1 aromatic rings. The second-order valence-electron chi connectivity index (χ2n) is 3.87. The SMILES string of the molecule is CCNC(=NCCc1ccccc1)N(C)C.I. The Bertz CT molecular complexity index is 323. The molecule has 96 valence electrons. The van der Waals surface area contributed by atoms with E-state index in [9.17, 15) is 0 Å². The van der Waals surface area contributed by atoms with Crippen LogP contribution in [0.2, 0.25) is 0 Å². The molecule has 1 N–H and O–H groups in total. The van der Waals surface area contributed by atoms with E-state index in [4.69, 9.17) is 0 Å². The lowest BCUT2D eigenvalue weighted by Gasteiger charge is -2.16. The minimum absolute atomic E-state index is 0. The highest BCUT2D eigenvalue weighted by atomic mass is 127. The van der Waals surface area contributed by atoms with Gasteiger partial charge in [-0.15, -0.1) is 24.0 Å². The molecule has 0 saturated carbocycles. The summed E-state index contributed by atoms with van der Waals surface area (Å²) in [5.41, 5.74) is 1.33. The van der Waals surface area contributed by atoms with E-state index < -0.39 is 0 Å². The summed E-state index contributed by atoms with van der Waals surface area (Å²) < 4.78 is 0. The van der Waals surface area contributed by atoms with Gasteiger partial charge in [-0.2, -0.15) is 0 Å². The zero-order valence-corrected chi connectivity index (χ0v) is 13.1.